The lowest BCUT2D eigenvalue weighted by molar-refractivity contribution is -0.175. The maximum absolute atomic E-state index is 11.3. The molecule has 1 aliphatic heterocycles. The second-order valence-electron chi connectivity index (χ2n) is 3.23. The standard InChI is InChI=1S/C9H11ClO6/c1-4(11)15-7(9(13)14-2)6-3-5(10)8(12)16-6/h5-7H,3H2,1-2H3/t5-,6+,7-/m0/s1. The van der Waals surface area contributed by atoms with E-state index in [9.17, 15) is 14.4 Å². The molecule has 0 aromatic rings. The van der Waals surface area contributed by atoms with Crippen LogP contribution < -0.4 is 0 Å². The number of hydrogen-bond donors (Lipinski definition) is 0. The van der Waals surface area contributed by atoms with Gasteiger partial charge in [0.05, 0.1) is 7.11 Å². The molecule has 0 spiro atoms. The smallest absolute Gasteiger partial charge is 0.351 e. The van der Waals surface area contributed by atoms with E-state index in [1.54, 1.807) is 0 Å². The summed E-state index contributed by atoms with van der Waals surface area (Å²) in [6.07, 6.45) is -2.03. The molecule has 3 atom stereocenters. The Balaban J connectivity index is 2.73. The van der Waals surface area contributed by atoms with Crippen molar-refractivity contribution < 1.29 is 28.6 Å². The lowest BCUT2D eigenvalue weighted by Gasteiger charge is -2.19. The SMILES string of the molecule is COC(=O)[C@@H](OC(C)=O)[C@H]1C[C@H](Cl)C(=O)O1. The summed E-state index contributed by atoms with van der Waals surface area (Å²) >= 11 is 5.62. The minimum absolute atomic E-state index is 0.105. The molecular formula is C9H11ClO6. The van der Waals surface area contributed by atoms with Gasteiger partial charge in [-0.25, -0.2) is 4.79 Å². The van der Waals surface area contributed by atoms with Gasteiger partial charge in [-0.1, -0.05) is 0 Å². The topological polar surface area (TPSA) is 78.9 Å². The quantitative estimate of drug-likeness (QED) is 0.399. The highest BCUT2D eigenvalue weighted by Gasteiger charge is 2.43. The lowest BCUT2D eigenvalue weighted by Crippen LogP contribution is -2.38. The van der Waals surface area contributed by atoms with Crippen LogP contribution >= 0.6 is 11.6 Å². The summed E-state index contributed by atoms with van der Waals surface area (Å²) in [5.74, 6) is -2.07. The largest absolute Gasteiger partial charge is 0.466 e. The Morgan fingerprint density at radius 1 is 1.56 bits per heavy atom. The minimum Gasteiger partial charge on any atom is -0.466 e. The number of carbonyl (C=O) groups excluding carboxylic acids is 3. The summed E-state index contributed by atoms with van der Waals surface area (Å²) in [7, 11) is 1.15. The Bertz CT molecular complexity index is 315. The minimum atomic E-state index is -1.25. The molecule has 0 aliphatic carbocycles. The van der Waals surface area contributed by atoms with E-state index in [0.717, 1.165) is 14.0 Å². The van der Waals surface area contributed by atoms with Crippen LogP contribution in [0.15, 0.2) is 0 Å². The van der Waals surface area contributed by atoms with E-state index in [1.165, 1.54) is 0 Å². The van der Waals surface area contributed by atoms with Gasteiger partial charge in [-0.3, -0.25) is 9.59 Å². The summed E-state index contributed by atoms with van der Waals surface area (Å²) < 4.78 is 14.0. The van der Waals surface area contributed by atoms with Crippen LogP contribution in [0.3, 0.4) is 0 Å². The van der Waals surface area contributed by atoms with E-state index < -0.39 is 35.5 Å². The van der Waals surface area contributed by atoms with Gasteiger partial charge in [0, 0.05) is 13.3 Å². The van der Waals surface area contributed by atoms with Crippen molar-refractivity contribution in [2.75, 3.05) is 7.11 Å². The molecule has 90 valence electrons. The number of carbonyl (C=O) groups is 3. The maximum atomic E-state index is 11.3. The molecule has 0 N–H and O–H groups in total. The summed E-state index contributed by atoms with van der Waals surface area (Å²) in [5.41, 5.74) is 0. The van der Waals surface area contributed by atoms with Crippen LogP contribution in [0.25, 0.3) is 0 Å². The van der Waals surface area contributed by atoms with E-state index in [2.05, 4.69) is 4.74 Å². The third-order valence-corrected chi connectivity index (χ3v) is 2.38. The van der Waals surface area contributed by atoms with Crippen molar-refractivity contribution >= 4 is 29.5 Å². The van der Waals surface area contributed by atoms with Crippen LogP contribution in [0.5, 0.6) is 0 Å². The van der Waals surface area contributed by atoms with Gasteiger partial charge in [-0.15, -0.1) is 11.6 Å². The molecule has 0 unspecified atom stereocenters. The van der Waals surface area contributed by atoms with Crippen LogP contribution in [-0.4, -0.2) is 42.6 Å². The van der Waals surface area contributed by atoms with Gasteiger partial charge in [0.15, 0.2) is 6.10 Å². The van der Waals surface area contributed by atoms with Gasteiger partial charge in [0.2, 0.25) is 6.10 Å². The Morgan fingerprint density at radius 3 is 2.56 bits per heavy atom. The first-order valence-corrected chi connectivity index (χ1v) is 4.99. The Morgan fingerprint density at radius 2 is 2.19 bits per heavy atom. The maximum Gasteiger partial charge on any atom is 0.351 e. The fraction of sp³-hybridized carbons (Fsp3) is 0.667. The first-order chi connectivity index (χ1) is 7.45. The normalized spacial score (nSPS) is 25.8. The van der Waals surface area contributed by atoms with Gasteiger partial charge in [-0.05, 0) is 0 Å². The molecular weight excluding hydrogens is 240 g/mol. The number of ether oxygens (including phenoxy) is 3. The van der Waals surface area contributed by atoms with E-state index in [0.29, 0.717) is 0 Å². The highest BCUT2D eigenvalue weighted by molar-refractivity contribution is 6.30. The molecule has 1 saturated heterocycles. The fourth-order valence-corrected chi connectivity index (χ4v) is 1.55. The van der Waals surface area contributed by atoms with Crippen LogP contribution in [0.2, 0.25) is 0 Å². The molecule has 0 radical (unpaired) electrons. The monoisotopic (exact) mass is 250 g/mol. The molecule has 7 heteroatoms. The van der Waals surface area contributed by atoms with Crippen molar-refractivity contribution in [3.05, 3.63) is 0 Å². The number of hydrogen-bond acceptors (Lipinski definition) is 6. The van der Waals surface area contributed by atoms with Gasteiger partial charge < -0.3 is 14.2 Å². The molecule has 0 amide bonds. The van der Waals surface area contributed by atoms with E-state index >= 15 is 0 Å². The number of cyclic esters (lactones) is 1. The van der Waals surface area contributed by atoms with E-state index in [1.807, 2.05) is 0 Å². The molecule has 1 rings (SSSR count). The van der Waals surface area contributed by atoms with Crippen molar-refractivity contribution in [1.82, 2.24) is 0 Å². The van der Waals surface area contributed by atoms with E-state index in [4.69, 9.17) is 21.1 Å². The summed E-state index contributed by atoms with van der Waals surface area (Å²) in [6, 6.07) is 0. The molecule has 6 nitrogen and oxygen atoms in total. The van der Waals surface area contributed by atoms with Crippen LogP contribution in [-0.2, 0) is 28.6 Å². The number of rotatable bonds is 3. The second kappa shape index (κ2) is 5.16. The first-order valence-electron chi connectivity index (χ1n) is 4.55. The Hall–Kier alpha value is -1.30. The van der Waals surface area contributed by atoms with Gasteiger partial charge in [0.1, 0.15) is 5.38 Å². The number of alkyl halides is 1. The molecule has 0 aromatic heterocycles. The molecule has 1 fully saturated rings. The van der Waals surface area contributed by atoms with Crippen LogP contribution in [0.1, 0.15) is 13.3 Å². The summed E-state index contributed by atoms with van der Waals surface area (Å²) in [4.78, 5) is 33.1. The highest BCUT2D eigenvalue weighted by atomic mass is 35.5. The van der Waals surface area contributed by atoms with E-state index in [-0.39, 0.29) is 6.42 Å². The lowest BCUT2D eigenvalue weighted by atomic mass is 10.1. The number of halogens is 1. The third kappa shape index (κ3) is 2.85. The molecule has 0 saturated carbocycles. The summed E-state index contributed by atoms with van der Waals surface area (Å²) in [6.45, 7) is 1.14. The predicted molar refractivity (Wildman–Crippen MR) is 51.7 cm³/mol. The van der Waals surface area contributed by atoms with Gasteiger partial charge in [0.25, 0.3) is 0 Å². The van der Waals surface area contributed by atoms with Crippen molar-refractivity contribution in [3.8, 4) is 0 Å². The average Bonchev–Trinajstić information content (AvgIpc) is 2.54. The molecule has 0 bridgehead atoms. The number of methoxy groups -OCH3 is 1. The van der Waals surface area contributed by atoms with Crippen LogP contribution in [0, 0.1) is 0 Å². The van der Waals surface area contributed by atoms with Crippen molar-refractivity contribution in [2.45, 2.75) is 30.9 Å². The fourth-order valence-electron chi connectivity index (χ4n) is 1.33. The zero-order valence-electron chi connectivity index (χ0n) is 8.77. The van der Waals surface area contributed by atoms with Crippen molar-refractivity contribution in [1.29, 1.82) is 0 Å². The molecule has 1 aliphatic rings. The van der Waals surface area contributed by atoms with Crippen LogP contribution in [0.4, 0.5) is 0 Å². The third-order valence-electron chi connectivity index (χ3n) is 2.03. The predicted octanol–water partition coefficient (Wildman–Crippen LogP) is 0.0140. The van der Waals surface area contributed by atoms with Gasteiger partial charge in [-0.2, -0.15) is 0 Å². The number of esters is 3. The Kier molecular flexibility index (Phi) is 4.12. The van der Waals surface area contributed by atoms with Gasteiger partial charge >= 0.3 is 17.9 Å². The highest BCUT2D eigenvalue weighted by Crippen LogP contribution is 2.24. The van der Waals surface area contributed by atoms with Crippen molar-refractivity contribution in [2.24, 2.45) is 0 Å². The van der Waals surface area contributed by atoms with Crippen molar-refractivity contribution in [3.63, 3.8) is 0 Å². The summed E-state index contributed by atoms with van der Waals surface area (Å²) in [5, 5.41) is -0.826. The average molecular weight is 251 g/mol. The first kappa shape index (κ1) is 12.8. The molecule has 16 heavy (non-hydrogen) atoms. The second-order valence-corrected chi connectivity index (χ2v) is 3.76. The molecule has 1 heterocycles. The zero-order valence-corrected chi connectivity index (χ0v) is 9.52. The molecule has 0 aromatic carbocycles. The zero-order chi connectivity index (χ0) is 12.3. The Labute approximate surface area is 96.8 Å².